The number of carbonyl (C=O) groups excluding carboxylic acids is 3. The van der Waals surface area contributed by atoms with Gasteiger partial charge < -0.3 is 20.7 Å². The van der Waals surface area contributed by atoms with Gasteiger partial charge in [-0.1, -0.05) is 63.9 Å². The molecule has 8 nitrogen and oxygen atoms in total. The molecule has 1 unspecified atom stereocenters. The number of rotatable bonds is 13. The molecule has 1 saturated heterocycles. The van der Waals surface area contributed by atoms with Gasteiger partial charge in [0.05, 0.1) is 11.5 Å². The van der Waals surface area contributed by atoms with Crippen molar-refractivity contribution in [1.82, 2.24) is 20.9 Å². The van der Waals surface area contributed by atoms with Gasteiger partial charge >= 0.3 is 6.03 Å². The van der Waals surface area contributed by atoms with Crippen molar-refractivity contribution in [3.63, 3.8) is 0 Å². The molecule has 3 N–H and O–H groups in total. The van der Waals surface area contributed by atoms with E-state index < -0.39 is 17.7 Å². The fourth-order valence-corrected chi connectivity index (χ4v) is 4.27. The maximum Gasteiger partial charge on any atom is 0.326 e. The fourth-order valence-electron chi connectivity index (χ4n) is 4.27. The Labute approximate surface area is 197 Å². The number of β-lactam (4-membered cyclic amide) rings is 1. The molecule has 8 heteroatoms. The van der Waals surface area contributed by atoms with Crippen LogP contribution < -0.4 is 16.0 Å². The summed E-state index contributed by atoms with van der Waals surface area (Å²) >= 11 is 0. The highest BCUT2D eigenvalue weighted by Gasteiger charge is 2.62. The minimum absolute atomic E-state index is 0.202. The van der Waals surface area contributed by atoms with Crippen molar-refractivity contribution in [1.29, 1.82) is 0 Å². The number of hydrogen-bond acceptors (Lipinski definition) is 5. The van der Waals surface area contributed by atoms with E-state index in [0.717, 1.165) is 35.4 Å². The van der Waals surface area contributed by atoms with Crippen molar-refractivity contribution in [2.75, 3.05) is 26.2 Å². The van der Waals surface area contributed by atoms with Crippen LogP contribution in [0.1, 0.15) is 70.5 Å². The third kappa shape index (κ3) is 6.32. The van der Waals surface area contributed by atoms with Gasteiger partial charge in [0.25, 0.3) is 0 Å². The molecule has 1 fully saturated rings. The Morgan fingerprint density at radius 2 is 1.76 bits per heavy atom. The second-order valence-corrected chi connectivity index (χ2v) is 8.61. The summed E-state index contributed by atoms with van der Waals surface area (Å²) in [5, 5.41) is 8.93. The molecule has 0 aliphatic carbocycles. The van der Waals surface area contributed by atoms with Gasteiger partial charge in [0.1, 0.15) is 6.61 Å². The highest BCUT2D eigenvalue weighted by atomic mass is 16.5. The monoisotopic (exact) mass is 460 g/mol. The summed E-state index contributed by atoms with van der Waals surface area (Å²) in [7, 11) is 0. The first-order valence-corrected chi connectivity index (χ1v) is 12.1. The van der Waals surface area contributed by atoms with E-state index in [9.17, 15) is 14.4 Å². The van der Waals surface area contributed by atoms with E-state index in [-0.39, 0.29) is 24.5 Å². The molecule has 1 aromatic carbocycles. The van der Waals surface area contributed by atoms with Gasteiger partial charge in [-0.05, 0) is 38.3 Å². The maximum atomic E-state index is 13.2. The summed E-state index contributed by atoms with van der Waals surface area (Å²) < 4.78 is 5.87. The van der Waals surface area contributed by atoms with E-state index in [2.05, 4.69) is 22.9 Å². The highest BCUT2D eigenvalue weighted by molar-refractivity contribution is 6.03. The zero-order chi connectivity index (χ0) is 24.4. The summed E-state index contributed by atoms with van der Waals surface area (Å²) in [5.41, 5.74) is 1.36. The lowest BCUT2D eigenvalue weighted by Gasteiger charge is -2.53. The number of amides is 4. The first-order valence-electron chi connectivity index (χ1n) is 12.1. The van der Waals surface area contributed by atoms with Gasteiger partial charge in [0.2, 0.25) is 11.8 Å². The topological polar surface area (TPSA) is 99.8 Å². The molecule has 4 amide bonds. The number of urea groups is 1. The molecule has 1 aromatic rings. The van der Waals surface area contributed by atoms with E-state index in [1.54, 1.807) is 0 Å². The lowest BCUT2D eigenvalue weighted by Crippen LogP contribution is -2.72. The Kier molecular flexibility index (Phi) is 10.3. The second-order valence-electron chi connectivity index (χ2n) is 8.61. The number of hydrogen-bond donors (Lipinski definition) is 3. The van der Waals surface area contributed by atoms with Gasteiger partial charge in [0, 0.05) is 13.1 Å². The average molecular weight is 461 g/mol. The number of likely N-dealkylation sites (tertiary alicyclic amines) is 1. The third-order valence-corrected chi connectivity index (χ3v) is 6.43. The molecule has 1 aliphatic heterocycles. The van der Waals surface area contributed by atoms with Crippen LogP contribution in [0.5, 0.6) is 0 Å². The first-order chi connectivity index (χ1) is 15.8. The molecule has 1 aliphatic rings. The van der Waals surface area contributed by atoms with Crippen molar-refractivity contribution in [2.45, 2.75) is 72.6 Å². The van der Waals surface area contributed by atoms with Crippen LogP contribution >= 0.6 is 0 Å². The molecule has 33 heavy (non-hydrogen) atoms. The van der Waals surface area contributed by atoms with Crippen LogP contribution in [-0.2, 0) is 14.3 Å². The molecule has 0 bridgehead atoms. The van der Waals surface area contributed by atoms with Crippen LogP contribution in [0.4, 0.5) is 4.79 Å². The predicted molar refractivity (Wildman–Crippen MR) is 129 cm³/mol. The van der Waals surface area contributed by atoms with Crippen molar-refractivity contribution in [3.05, 3.63) is 35.4 Å². The van der Waals surface area contributed by atoms with Crippen molar-refractivity contribution >= 4 is 17.8 Å². The second kappa shape index (κ2) is 12.7. The largest absolute Gasteiger partial charge is 0.353 e. The van der Waals surface area contributed by atoms with Gasteiger partial charge in [-0.3, -0.25) is 9.59 Å². The van der Waals surface area contributed by atoms with Gasteiger partial charge in [-0.2, -0.15) is 0 Å². The zero-order valence-corrected chi connectivity index (χ0v) is 20.7. The van der Waals surface area contributed by atoms with Crippen LogP contribution in [0.3, 0.4) is 0 Å². The van der Waals surface area contributed by atoms with Crippen LogP contribution in [0.2, 0.25) is 0 Å². The Morgan fingerprint density at radius 3 is 2.33 bits per heavy atom. The normalized spacial score (nSPS) is 17.9. The Hall–Kier alpha value is -2.45. The van der Waals surface area contributed by atoms with Crippen LogP contribution in [0.25, 0.3) is 0 Å². The number of benzene rings is 1. The quantitative estimate of drug-likeness (QED) is 0.310. The first kappa shape index (κ1) is 26.8. The summed E-state index contributed by atoms with van der Waals surface area (Å²) in [5.74, 6) is -0.515. The van der Waals surface area contributed by atoms with Crippen molar-refractivity contribution in [2.24, 2.45) is 5.41 Å². The van der Waals surface area contributed by atoms with Gasteiger partial charge in [-0.25, -0.2) is 9.69 Å². The van der Waals surface area contributed by atoms with Crippen LogP contribution in [-0.4, -0.2) is 55.2 Å². The Morgan fingerprint density at radius 1 is 1.09 bits per heavy atom. The summed E-state index contributed by atoms with van der Waals surface area (Å²) in [6.45, 7) is 11.7. The number of imide groups is 1. The smallest absolute Gasteiger partial charge is 0.326 e. The minimum Gasteiger partial charge on any atom is -0.353 e. The standard InChI is InChI=1S/C25H40N4O4/c1-6-10-20(19-13-11-18(5)12-14-19)28-24(32)29-22(31)25(7-2,8-3)23(29)33-17-21(30)27-16-15-26-9-4/h11-14,20,23,26H,6-10,15-17H2,1-5H3,(H,27,30)(H,28,32)/t20-,23?/m1/s1. The van der Waals surface area contributed by atoms with Gasteiger partial charge in [0.15, 0.2) is 6.23 Å². The SMILES string of the molecule is CCC[C@@H](NC(=O)N1C(=O)C(CC)(CC)C1OCC(=O)NCCNCC)c1ccc(C)cc1. The molecule has 184 valence electrons. The number of likely N-dealkylation sites (N-methyl/N-ethyl adjacent to an activating group) is 1. The zero-order valence-electron chi connectivity index (χ0n) is 20.7. The molecule has 0 radical (unpaired) electrons. The van der Waals surface area contributed by atoms with E-state index in [0.29, 0.717) is 25.9 Å². The summed E-state index contributed by atoms with van der Waals surface area (Å²) in [4.78, 5) is 39.6. The molecule has 1 heterocycles. The predicted octanol–water partition coefficient (Wildman–Crippen LogP) is 3.26. The van der Waals surface area contributed by atoms with E-state index in [1.807, 2.05) is 52.0 Å². The lowest BCUT2D eigenvalue weighted by molar-refractivity contribution is -0.210. The van der Waals surface area contributed by atoms with E-state index in [4.69, 9.17) is 4.74 Å². The summed E-state index contributed by atoms with van der Waals surface area (Å²) in [6.07, 6.45) is 1.95. The van der Waals surface area contributed by atoms with Crippen molar-refractivity contribution < 1.29 is 19.1 Å². The number of ether oxygens (including phenoxy) is 1. The third-order valence-electron chi connectivity index (χ3n) is 6.43. The Bertz CT molecular complexity index is 792. The number of nitrogens with zero attached hydrogens (tertiary/aromatic N) is 1. The number of nitrogens with one attached hydrogen (secondary N) is 3. The molecule has 2 atom stereocenters. The molecule has 0 spiro atoms. The molecular formula is C25H40N4O4. The minimum atomic E-state index is -0.786. The average Bonchev–Trinajstić information content (AvgIpc) is 2.80. The van der Waals surface area contributed by atoms with Gasteiger partial charge in [-0.15, -0.1) is 0 Å². The molecule has 0 aromatic heterocycles. The number of aryl methyl sites for hydroxylation is 1. The Balaban J connectivity index is 2.09. The molecular weight excluding hydrogens is 420 g/mol. The van der Waals surface area contributed by atoms with Crippen LogP contribution in [0.15, 0.2) is 24.3 Å². The fraction of sp³-hybridized carbons (Fsp3) is 0.640. The molecule has 2 rings (SSSR count). The van der Waals surface area contributed by atoms with E-state index in [1.165, 1.54) is 0 Å². The maximum absolute atomic E-state index is 13.2. The molecule has 0 saturated carbocycles. The van der Waals surface area contributed by atoms with Crippen molar-refractivity contribution in [3.8, 4) is 0 Å². The lowest BCUT2D eigenvalue weighted by atomic mass is 9.72. The summed E-state index contributed by atoms with van der Waals surface area (Å²) in [6, 6.07) is 7.35. The van der Waals surface area contributed by atoms with E-state index >= 15 is 0 Å². The highest BCUT2D eigenvalue weighted by Crippen LogP contribution is 2.46. The van der Waals surface area contributed by atoms with Crippen LogP contribution in [0, 0.1) is 12.3 Å². The number of carbonyl (C=O) groups is 3.